The first-order valence-electron chi connectivity index (χ1n) is 8.94. The average Bonchev–Trinajstić information content (AvgIpc) is 2.67. The van der Waals surface area contributed by atoms with Gasteiger partial charge in [0.25, 0.3) is 5.78 Å². The molecule has 29 heavy (non-hydrogen) atoms. The lowest BCUT2D eigenvalue weighted by Gasteiger charge is -2.38. The van der Waals surface area contributed by atoms with Gasteiger partial charge in [-0.2, -0.15) is 13.2 Å². The third kappa shape index (κ3) is 5.27. The largest absolute Gasteiger partial charge is 0.454 e. The molecule has 1 saturated heterocycles. The van der Waals surface area contributed by atoms with Gasteiger partial charge in [-0.3, -0.25) is 4.79 Å². The highest BCUT2D eigenvalue weighted by molar-refractivity contribution is 9.10. The summed E-state index contributed by atoms with van der Waals surface area (Å²) in [4.78, 5) is 15.6. The van der Waals surface area contributed by atoms with Crippen molar-refractivity contribution in [2.45, 2.75) is 13.1 Å². The van der Waals surface area contributed by atoms with Crippen molar-refractivity contribution in [1.29, 1.82) is 0 Å². The number of ketones is 1. The quantitative estimate of drug-likeness (QED) is 0.487. The maximum Gasteiger partial charge on any atom is 0.454 e. The number of nitrogens with one attached hydrogen (secondary N) is 1. The Morgan fingerprint density at radius 3 is 2.24 bits per heavy atom. The smallest absolute Gasteiger partial charge is 0.368 e. The Morgan fingerprint density at radius 2 is 1.69 bits per heavy atom. The lowest BCUT2D eigenvalue weighted by molar-refractivity contribution is -0.0885. The predicted octanol–water partition coefficient (Wildman–Crippen LogP) is 5.02. The molecule has 9 heteroatoms. The molecular formula is C20H19BrF3N3OS. The highest BCUT2D eigenvalue weighted by Crippen LogP contribution is 2.25. The first kappa shape index (κ1) is 21.6. The summed E-state index contributed by atoms with van der Waals surface area (Å²) >= 11 is 8.92. The number of halogens is 4. The van der Waals surface area contributed by atoms with E-state index in [9.17, 15) is 18.0 Å². The van der Waals surface area contributed by atoms with Crippen molar-refractivity contribution in [2.24, 2.45) is 0 Å². The minimum atomic E-state index is -4.88. The molecule has 1 heterocycles. The van der Waals surface area contributed by atoms with Gasteiger partial charge in [-0.25, -0.2) is 0 Å². The Kier molecular flexibility index (Phi) is 6.48. The summed E-state index contributed by atoms with van der Waals surface area (Å²) in [6.07, 6.45) is -4.88. The van der Waals surface area contributed by atoms with Crippen molar-refractivity contribution in [3.05, 3.63) is 58.1 Å². The third-order valence-electron chi connectivity index (χ3n) is 4.72. The number of thiocarbonyl (C=S) groups is 1. The fourth-order valence-corrected chi connectivity index (χ4v) is 3.97. The van der Waals surface area contributed by atoms with Crippen molar-refractivity contribution in [3.63, 3.8) is 0 Å². The highest BCUT2D eigenvalue weighted by atomic mass is 79.9. The van der Waals surface area contributed by atoms with Crippen LogP contribution in [0.3, 0.4) is 0 Å². The number of Topliss-reactive ketones (excluding diaryl/α,β-unsaturated/α-hetero) is 1. The van der Waals surface area contributed by atoms with Gasteiger partial charge in [0, 0.05) is 47.6 Å². The van der Waals surface area contributed by atoms with Crippen LogP contribution in [0.1, 0.15) is 15.9 Å². The first-order chi connectivity index (χ1) is 13.6. The maximum absolute atomic E-state index is 12.5. The van der Waals surface area contributed by atoms with Crippen LogP contribution in [-0.4, -0.2) is 48.2 Å². The van der Waals surface area contributed by atoms with Crippen LogP contribution in [0.4, 0.5) is 24.5 Å². The van der Waals surface area contributed by atoms with E-state index in [1.54, 1.807) is 0 Å². The summed E-state index contributed by atoms with van der Waals surface area (Å²) in [5, 5.41) is 3.54. The fourth-order valence-electron chi connectivity index (χ4n) is 3.20. The second kappa shape index (κ2) is 8.71. The van der Waals surface area contributed by atoms with Crippen molar-refractivity contribution in [3.8, 4) is 0 Å². The van der Waals surface area contributed by atoms with E-state index in [-0.39, 0.29) is 0 Å². The van der Waals surface area contributed by atoms with Crippen molar-refractivity contribution in [2.75, 3.05) is 36.4 Å². The Balaban J connectivity index is 1.56. The van der Waals surface area contributed by atoms with Crippen LogP contribution in [-0.2, 0) is 0 Å². The van der Waals surface area contributed by atoms with E-state index < -0.39 is 17.5 Å². The zero-order valence-corrected chi connectivity index (χ0v) is 18.0. The number of hydrogen-bond donors (Lipinski definition) is 1. The van der Waals surface area contributed by atoms with Gasteiger partial charge in [-0.05, 0) is 67.2 Å². The van der Waals surface area contributed by atoms with Gasteiger partial charge in [0.2, 0.25) is 0 Å². The summed E-state index contributed by atoms with van der Waals surface area (Å²) in [7, 11) is 0. The van der Waals surface area contributed by atoms with E-state index >= 15 is 0 Å². The molecule has 1 aliphatic heterocycles. The topological polar surface area (TPSA) is 35.6 Å². The third-order valence-corrected chi connectivity index (χ3v) is 5.58. The molecule has 0 aromatic heterocycles. The molecule has 0 unspecified atom stereocenters. The molecule has 3 rings (SSSR count). The van der Waals surface area contributed by atoms with Crippen LogP contribution >= 0.6 is 28.1 Å². The normalized spacial score (nSPS) is 14.7. The van der Waals surface area contributed by atoms with E-state index in [1.165, 1.54) is 23.4 Å². The molecule has 0 spiro atoms. The number of alkyl halides is 3. The van der Waals surface area contributed by atoms with E-state index in [4.69, 9.17) is 12.2 Å². The number of aryl methyl sites for hydroxylation is 1. The first-order valence-corrected chi connectivity index (χ1v) is 10.1. The molecule has 154 valence electrons. The molecule has 2 aromatic carbocycles. The number of nitrogens with zero attached hydrogens (tertiary/aromatic N) is 2. The second-order valence-corrected chi connectivity index (χ2v) is 8.04. The number of rotatable bonds is 3. The van der Waals surface area contributed by atoms with Crippen LogP contribution in [0.2, 0.25) is 0 Å². The number of carbonyl (C=O) groups excluding carboxylic acids is 1. The van der Waals surface area contributed by atoms with Gasteiger partial charge in [-0.15, -0.1) is 0 Å². The Labute approximate surface area is 180 Å². The SMILES string of the molecule is Cc1cc(Br)ccc1N1CCN(C(=S)Nc2ccc(C(=O)C(F)(F)F)cc2)CC1. The van der Waals surface area contributed by atoms with Crippen molar-refractivity contribution >= 4 is 50.4 Å². The number of piperazine rings is 1. The molecule has 0 aliphatic carbocycles. The summed E-state index contributed by atoms with van der Waals surface area (Å²) in [6.45, 7) is 5.15. The van der Waals surface area contributed by atoms with E-state index in [0.717, 1.165) is 42.8 Å². The summed E-state index contributed by atoms with van der Waals surface area (Å²) in [5.74, 6) is -1.86. The molecule has 0 bridgehead atoms. The van der Waals surface area contributed by atoms with Crippen LogP contribution in [0.15, 0.2) is 46.9 Å². The van der Waals surface area contributed by atoms with E-state index in [2.05, 4.69) is 45.2 Å². The van der Waals surface area contributed by atoms with Gasteiger partial charge in [0.1, 0.15) is 0 Å². The standard InChI is InChI=1S/C20H19BrF3N3OS/c1-13-12-15(21)4-7-17(13)26-8-10-27(11-9-26)19(29)25-16-5-2-14(3-6-16)18(28)20(22,23)24/h2-7,12H,8-11H2,1H3,(H,25,29). The zero-order valence-electron chi connectivity index (χ0n) is 15.6. The minimum Gasteiger partial charge on any atom is -0.368 e. The van der Waals surface area contributed by atoms with Crippen molar-refractivity contribution in [1.82, 2.24) is 4.90 Å². The number of anilines is 2. The molecule has 0 amide bonds. The Bertz CT molecular complexity index is 910. The summed E-state index contributed by atoms with van der Waals surface area (Å²) in [6, 6.07) is 11.3. The number of hydrogen-bond acceptors (Lipinski definition) is 3. The fraction of sp³-hybridized carbons (Fsp3) is 0.300. The molecular weight excluding hydrogens is 467 g/mol. The van der Waals surface area contributed by atoms with Crippen molar-refractivity contribution < 1.29 is 18.0 Å². The van der Waals surface area contributed by atoms with E-state index in [0.29, 0.717) is 10.8 Å². The molecule has 0 saturated carbocycles. The average molecular weight is 486 g/mol. The number of benzene rings is 2. The molecule has 1 aliphatic rings. The Hall–Kier alpha value is -2.13. The van der Waals surface area contributed by atoms with Crippen LogP contribution in [0.5, 0.6) is 0 Å². The van der Waals surface area contributed by atoms with Gasteiger partial charge in [0.15, 0.2) is 5.11 Å². The van der Waals surface area contributed by atoms with E-state index in [1.807, 2.05) is 11.0 Å². The molecule has 0 atom stereocenters. The summed E-state index contributed by atoms with van der Waals surface area (Å²) < 4.78 is 38.5. The molecule has 2 aromatic rings. The summed E-state index contributed by atoms with van der Waals surface area (Å²) in [5.41, 5.74) is 2.53. The Morgan fingerprint density at radius 1 is 1.07 bits per heavy atom. The van der Waals surface area contributed by atoms with Crippen LogP contribution < -0.4 is 10.2 Å². The predicted molar refractivity (Wildman–Crippen MR) is 116 cm³/mol. The zero-order chi connectivity index (χ0) is 21.2. The lowest BCUT2D eigenvalue weighted by atomic mass is 10.1. The monoisotopic (exact) mass is 485 g/mol. The van der Waals surface area contributed by atoms with Gasteiger partial charge in [0.05, 0.1) is 0 Å². The van der Waals surface area contributed by atoms with Crippen LogP contribution in [0, 0.1) is 6.92 Å². The van der Waals surface area contributed by atoms with Gasteiger partial charge >= 0.3 is 6.18 Å². The second-order valence-electron chi connectivity index (χ2n) is 6.74. The number of carbonyl (C=O) groups is 1. The molecule has 1 N–H and O–H groups in total. The lowest BCUT2D eigenvalue weighted by Crippen LogP contribution is -2.50. The molecule has 0 radical (unpaired) electrons. The maximum atomic E-state index is 12.5. The van der Waals surface area contributed by atoms with Crippen LogP contribution in [0.25, 0.3) is 0 Å². The highest BCUT2D eigenvalue weighted by Gasteiger charge is 2.39. The van der Waals surface area contributed by atoms with Gasteiger partial charge < -0.3 is 15.1 Å². The molecule has 1 fully saturated rings. The molecule has 4 nitrogen and oxygen atoms in total. The minimum absolute atomic E-state index is 0.396. The van der Waals surface area contributed by atoms with Gasteiger partial charge in [-0.1, -0.05) is 15.9 Å².